The molecule has 1 aromatic heterocycles. The van der Waals surface area contributed by atoms with Gasteiger partial charge in [0, 0.05) is 44.5 Å². The van der Waals surface area contributed by atoms with Gasteiger partial charge in [-0.2, -0.15) is 0 Å². The van der Waals surface area contributed by atoms with Gasteiger partial charge in [-0.3, -0.25) is 4.90 Å². The molecule has 2 heterocycles. The van der Waals surface area contributed by atoms with Gasteiger partial charge in [0.25, 0.3) is 0 Å². The van der Waals surface area contributed by atoms with E-state index in [1.54, 1.807) is 0 Å². The van der Waals surface area contributed by atoms with Crippen molar-refractivity contribution in [3.05, 3.63) is 24.4 Å². The molecule has 1 saturated heterocycles. The van der Waals surface area contributed by atoms with Crippen molar-refractivity contribution < 1.29 is 0 Å². The van der Waals surface area contributed by atoms with E-state index in [2.05, 4.69) is 26.9 Å². The van der Waals surface area contributed by atoms with E-state index in [0.717, 1.165) is 32.0 Å². The van der Waals surface area contributed by atoms with Gasteiger partial charge in [0.1, 0.15) is 5.82 Å². The molecule has 2 N–H and O–H groups in total. The van der Waals surface area contributed by atoms with E-state index >= 15 is 0 Å². The van der Waals surface area contributed by atoms with Gasteiger partial charge in [-0.05, 0) is 25.0 Å². The second-order valence-electron chi connectivity index (χ2n) is 6.08. The minimum atomic E-state index is 0.374. The standard InChI is InChI=1S/C16H26N4/c17-14-6-2-1-3-7-15(14)19-10-12-20(13-11-19)16-8-4-5-9-18-16/h4-5,8-9,14-15H,1-3,6-7,10-13,17H2. The number of nitrogens with zero attached hydrogens (tertiary/aromatic N) is 3. The highest BCUT2D eigenvalue weighted by Crippen LogP contribution is 2.23. The molecule has 1 aliphatic heterocycles. The zero-order valence-corrected chi connectivity index (χ0v) is 12.2. The topological polar surface area (TPSA) is 45.4 Å². The molecule has 3 rings (SSSR count). The van der Waals surface area contributed by atoms with Crippen LogP contribution in [0.2, 0.25) is 0 Å². The molecule has 2 unspecified atom stereocenters. The second kappa shape index (κ2) is 6.55. The Morgan fingerprint density at radius 3 is 2.55 bits per heavy atom. The van der Waals surface area contributed by atoms with Crippen LogP contribution in [0.1, 0.15) is 32.1 Å². The fraction of sp³-hybridized carbons (Fsp3) is 0.688. The molecule has 20 heavy (non-hydrogen) atoms. The molecule has 0 bridgehead atoms. The lowest BCUT2D eigenvalue weighted by Crippen LogP contribution is -2.55. The van der Waals surface area contributed by atoms with Crippen molar-refractivity contribution in [3.8, 4) is 0 Å². The van der Waals surface area contributed by atoms with Crippen LogP contribution >= 0.6 is 0 Å². The summed E-state index contributed by atoms with van der Waals surface area (Å²) >= 11 is 0. The number of piperazine rings is 1. The average molecular weight is 274 g/mol. The highest BCUT2D eigenvalue weighted by atomic mass is 15.3. The molecule has 1 saturated carbocycles. The Morgan fingerprint density at radius 1 is 1.00 bits per heavy atom. The summed E-state index contributed by atoms with van der Waals surface area (Å²) in [4.78, 5) is 9.46. The SMILES string of the molecule is NC1CCCCCC1N1CCN(c2ccccn2)CC1. The fourth-order valence-corrected chi connectivity index (χ4v) is 3.59. The van der Waals surface area contributed by atoms with Crippen LogP contribution in [0, 0.1) is 0 Å². The van der Waals surface area contributed by atoms with Crippen molar-refractivity contribution in [1.82, 2.24) is 9.88 Å². The summed E-state index contributed by atoms with van der Waals surface area (Å²) in [5, 5.41) is 0. The lowest BCUT2D eigenvalue weighted by Gasteiger charge is -2.41. The van der Waals surface area contributed by atoms with E-state index in [-0.39, 0.29) is 0 Å². The molecule has 0 radical (unpaired) electrons. The number of pyridine rings is 1. The fourth-order valence-electron chi connectivity index (χ4n) is 3.59. The highest BCUT2D eigenvalue weighted by molar-refractivity contribution is 5.38. The van der Waals surface area contributed by atoms with Crippen LogP contribution in [0.5, 0.6) is 0 Å². The van der Waals surface area contributed by atoms with Gasteiger partial charge in [-0.25, -0.2) is 4.98 Å². The van der Waals surface area contributed by atoms with Crippen molar-refractivity contribution >= 4 is 5.82 Å². The third-order valence-corrected chi connectivity index (χ3v) is 4.79. The Hall–Kier alpha value is -1.13. The third-order valence-electron chi connectivity index (χ3n) is 4.79. The number of rotatable bonds is 2. The Bertz CT molecular complexity index is 400. The summed E-state index contributed by atoms with van der Waals surface area (Å²) < 4.78 is 0. The summed E-state index contributed by atoms with van der Waals surface area (Å²) in [5.41, 5.74) is 6.39. The smallest absolute Gasteiger partial charge is 0.128 e. The molecule has 0 spiro atoms. The zero-order valence-electron chi connectivity index (χ0n) is 12.2. The normalized spacial score (nSPS) is 29.1. The van der Waals surface area contributed by atoms with Crippen LogP contribution in [0.25, 0.3) is 0 Å². The lowest BCUT2D eigenvalue weighted by molar-refractivity contribution is 0.153. The monoisotopic (exact) mass is 274 g/mol. The molecule has 1 aromatic rings. The van der Waals surface area contributed by atoms with E-state index in [4.69, 9.17) is 5.73 Å². The van der Waals surface area contributed by atoms with Gasteiger partial charge >= 0.3 is 0 Å². The molecule has 1 aliphatic carbocycles. The molecule has 4 nitrogen and oxygen atoms in total. The summed E-state index contributed by atoms with van der Waals surface area (Å²) in [6, 6.07) is 7.12. The second-order valence-corrected chi connectivity index (χ2v) is 6.08. The van der Waals surface area contributed by atoms with Gasteiger partial charge in [0.05, 0.1) is 0 Å². The Morgan fingerprint density at radius 2 is 1.80 bits per heavy atom. The van der Waals surface area contributed by atoms with Crippen LogP contribution in [0.4, 0.5) is 5.82 Å². The number of aromatic nitrogens is 1. The third kappa shape index (κ3) is 3.13. The van der Waals surface area contributed by atoms with Crippen LogP contribution in [-0.2, 0) is 0 Å². The first kappa shape index (κ1) is 13.8. The predicted octanol–water partition coefficient (Wildman–Crippen LogP) is 1.86. The first-order valence-corrected chi connectivity index (χ1v) is 8.00. The quantitative estimate of drug-likeness (QED) is 0.836. The maximum atomic E-state index is 6.39. The number of hydrogen-bond donors (Lipinski definition) is 1. The van der Waals surface area contributed by atoms with Gasteiger partial charge in [-0.1, -0.05) is 25.3 Å². The highest BCUT2D eigenvalue weighted by Gasteiger charge is 2.29. The Labute approximate surface area is 122 Å². The summed E-state index contributed by atoms with van der Waals surface area (Å²) in [6.07, 6.45) is 8.38. The maximum Gasteiger partial charge on any atom is 0.128 e. The zero-order chi connectivity index (χ0) is 13.8. The van der Waals surface area contributed by atoms with Gasteiger partial charge in [-0.15, -0.1) is 0 Å². The molecule has 2 fully saturated rings. The Kier molecular flexibility index (Phi) is 4.53. The Balaban J connectivity index is 1.58. The first-order chi connectivity index (χ1) is 9.84. The number of nitrogens with two attached hydrogens (primary N) is 1. The average Bonchev–Trinajstić information content (AvgIpc) is 2.73. The number of hydrogen-bond acceptors (Lipinski definition) is 4. The molecular formula is C16H26N4. The van der Waals surface area contributed by atoms with Crippen LogP contribution in [0.15, 0.2) is 24.4 Å². The van der Waals surface area contributed by atoms with Crippen molar-refractivity contribution in [1.29, 1.82) is 0 Å². The minimum absolute atomic E-state index is 0.374. The van der Waals surface area contributed by atoms with E-state index in [1.165, 1.54) is 32.1 Å². The summed E-state index contributed by atoms with van der Waals surface area (Å²) in [5.74, 6) is 1.11. The van der Waals surface area contributed by atoms with Crippen molar-refractivity contribution in [3.63, 3.8) is 0 Å². The van der Waals surface area contributed by atoms with Crippen LogP contribution in [-0.4, -0.2) is 48.1 Å². The van der Waals surface area contributed by atoms with E-state index in [9.17, 15) is 0 Å². The summed E-state index contributed by atoms with van der Waals surface area (Å²) in [6.45, 7) is 4.38. The first-order valence-electron chi connectivity index (χ1n) is 8.00. The van der Waals surface area contributed by atoms with Gasteiger partial charge in [0.2, 0.25) is 0 Å². The van der Waals surface area contributed by atoms with Crippen molar-refractivity contribution in [2.45, 2.75) is 44.2 Å². The van der Waals surface area contributed by atoms with Crippen molar-refractivity contribution in [2.75, 3.05) is 31.1 Å². The molecule has 0 aromatic carbocycles. The van der Waals surface area contributed by atoms with Crippen molar-refractivity contribution in [2.24, 2.45) is 5.73 Å². The molecule has 110 valence electrons. The van der Waals surface area contributed by atoms with Gasteiger partial charge in [0.15, 0.2) is 0 Å². The predicted molar refractivity (Wildman–Crippen MR) is 82.9 cm³/mol. The molecule has 2 aliphatic rings. The lowest BCUT2D eigenvalue weighted by atomic mass is 10.0. The van der Waals surface area contributed by atoms with Crippen LogP contribution < -0.4 is 10.6 Å². The minimum Gasteiger partial charge on any atom is -0.354 e. The van der Waals surface area contributed by atoms with E-state index in [0.29, 0.717) is 12.1 Å². The summed E-state index contributed by atoms with van der Waals surface area (Å²) in [7, 11) is 0. The molecular weight excluding hydrogens is 248 g/mol. The molecule has 4 heteroatoms. The van der Waals surface area contributed by atoms with Gasteiger partial charge < -0.3 is 10.6 Å². The maximum absolute atomic E-state index is 6.39. The largest absolute Gasteiger partial charge is 0.354 e. The molecule has 0 amide bonds. The van der Waals surface area contributed by atoms with E-state index < -0.39 is 0 Å². The number of anilines is 1. The molecule has 2 atom stereocenters. The van der Waals surface area contributed by atoms with E-state index in [1.807, 2.05) is 12.3 Å². The van der Waals surface area contributed by atoms with Crippen LogP contribution in [0.3, 0.4) is 0 Å².